The maximum absolute atomic E-state index is 13.6. The van der Waals surface area contributed by atoms with Crippen molar-refractivity contribution in [2.45, 2.75) is 19.4 Å². The van der Waals surface area contributed by atoms with E-state index >= 15 is 0 Å². The maximum atomic E-state index is 13.6. The van der Waals surface area contributed by atoms with Gasteiger partial charge in [-0.1, -0.05) is 0 Å². The van der Waals surface area contributed by atoms with Crippen molar-refractivity contribution in [2.75, 3.05) is 13.2 Å². The van der Waals surface area contributed by atoms with Crippen LogP contribution >= 0.6 is 0 Å². The summed E-state index contributed by atoms with van der Waals surface area (Å²) in [5.41, 5.74) is -1.74. The predicted molar refractivity (Wildman–Crippen MR) is 52.6 cm³/mol. The molecule has 1 heterocycles. The lowest BCUT2D eigenvalue weighted by Crippen LogP contribution is -2.24. The first-order valence-corrected chi connectivity index (χ1v) is 4.91. The molecule has 0 atom stereocenters. The molecule has 0 bridgehead atoms. The molecule has 0 saturated carbocycles. The Labute approximate surface area is 91.6 Å². The molecule has 0 unspecified atom stereocenters. The lowest BCUT2D eigenvalue weighted by atomic mass is 9.95. The van der Waals surface area contributed by atoms with Crippen molar-refractivity contribution in [2.24, 2.45) is 0 Å². The van der Waals surface area contributed by atoms with Gasteiger partial charge in [-0.25, -0.2) is 8.78 Å². The second kappa shape index (κ2) is 3.59. The van der Waals surface area contributed by atoms with Crippen LogP contribution in [0.5, 0.6) is 11.5 Å². The van der Waals surface area contributed by atoms with Crippen LogP contribution in [0.3, 0.4) is 0 Å². The van der Waals surface area contributed by atoms with Gasteiger partial charge in [-0.2, -0.15) is 0 Å². The molecule has 16 heavy (non-hydrogen) atoms. The van der Waals surface area contributed by atoms with Crippen molar-refractivity contribution in [3.63, 3.8) is 0 Å². The lowest BCUT2D eigenvalue weighted by Gasteiger charge is -2.27. The lowest BCUT2D eigenvalue weighted by molar-refractivity contribution is 0.0647. The van der Waals surface area contributed by atoms with Gasteiger partial charge in [-0.05, 0) is 13.8 Å². The fourth-order valence-electron chi connectivity index (χ4n) is 1.68. The Balaban J connectivity index is 2.69. The number of halogens is 2. The minimum Gasteiger partial charge on any atom is -0.486 e. The molecular weight excluding hydrogens is 218 g/mol. The molecule has 3 nitrogen and oxygen atoms in total. The average molecular weight is 230 g/mol. The van der Waals surface area contributed by atoms with Crippen LogP contribution in [0.15, 0.2) is 6.07 Å². The van der Waals surface area contributed by atoms with E-state index in [4.69, 9.17) is 9.47 Å². The van der Waals surface area contributed by atoms with Gasteiger partial charge in [-0.15, -0.1) is 0 Å². The summed E-state index contributed by atoms with van der Waals surface area (Å²) in [5.74, 6) is -1.95. The molecular formula is C11H12F2O3. The number of rotatable bonds is 1. The fourth-order valence-corrected chi connectivity index (χ4v) is 1.68. The maximum Gasteiger partial charge on any atom is 0.170 e. The van der Waals surface area contributed by atoms with E-state index in [9.17, 15) is 13.9 Å². The molecule has 88 valence electrons. The topological polar surface area (TPSA) is 38.7 Å². The van der Waals surface area contributed by atoms with Gasteiger partial charge < -0.3 is 14.6 Å². The molecule has 1 aliphatic heterocycles. The second-order valence-corrected chi connectivity index (χ2v) is 4.13. The molecule has 1 N–H and O–H groups in total. The van der Waals surface area contributed by atoms with Crippen LogP contribution in [0.1, 0.15) is 19.4 Å². The number of benzene rings is 1. The number of hydrogen-bond acceptors (Lipinski definition) is 3. The third kappa shape index (κ3) is 1.71. The molecule has 0 spiro atoms. The minimum absolute atomic E-state index is 0.0812. The Bertz CT molecular complexity index is 424. The third-order valence-electron chi connectivity index (χ3n) is 2.34. The van der Waals surface area contributed by atoms with Crippen LogP contribution in [0, 0.1) is 11.6 Å². The predicted octanol–water partition coefficient (Wildman–Crippen LogP) is 1.96. The highest BCUT2D eigenvalue weighted by Gasteiger charge is 2.32. The summed E-state index contributed by atoms with van der Waals surface area (Å²) in [6.07, 6.45) is 0. The quantitative estimate of drug-likeness (QED) is 0.801. The molecule has 2 rings (SSSR count). The van der Waals surface area contributed by atoms with Gasteiger partial charge in [0.2, 0.25) is 0 Å². The van der Waals surface area contributed by atoms with Gasteiger partial charge in [0, 0.05) is 6.07 Å². The van der Waals surface area contributed by atoms with Crippen molar-refractivity contribution in [3.8, 4) is 11.5 Å². The summed E-state index contributed by atoms with van der Waals surface area (Å²) in [5, 5.41) is 9.81. The Morgan fingerprint density at radius 2 is 1.88 bits per heavy atom. The molecule has 1 aromatic carbocycles. The fraction of sp³-hybridized carbons (Fsp3) is 0.455. The Kier molecular flexibility index (Phi) is 2.50. The van der Waals surface area contributed by atoms with Gasteiger partial charge in [-0.3, -0.25) is 0 Å². The summed E-state index contributed by atoms with van der Waals surface area (Å²) in [6.45, 7) is 3.26. The first-order valence-electron chi connectivity index (χ1n) is 4.91. The van der Waals surface area contributed by atoms with E-state index in [-0.39, 0.29) is 30.3 Å². The zero-order chi connectivity index (χ0) is 11.9. The van der Waals surface area contributed by atoms with Crippen molar-refractivity contribution in [3.05, 3.63) is 23.3 Å². The second-order valence-electron chi connectivity index (χ2n) is 4.13. The van der Waals surface area contributed by atoms with E-state index in [1.807, 2.05) is 0 Å². The number of aliphatic hydroxyl groups is 1. The van der Waals surface area contributed by atoms with Gasteiger partial charge in [0.15, 0.2) is 23.1 Å². The zero-order valence-corrected chi connectivity index (χ0v) is 9.01. The van der Waals surface area contributed by atoms with Crippen molar-refractivity contribution in [1.29, 1.82) is 0 Å². The van der Waals surface area contributed by atoms with Crippen molar-refractivity contribution in [1.82, 2.24) is 0 Å². The third-order valence-corrected chi connectivity index (χ3v) is 2.34. The van der Waals surface area contributed by atoms with Crippen LogP contribution in [-0.4, -0.2) is 18.3 Å². The van der Waals surface area contributed by atoms with Gasteiger partial charge in [0.1, 0.15) is 13.2 Å². The van der Waals surface area contributed by atoms with Crippen LogP contribution < -0.4 is 9.47 Å². The van der Waals surface area contributed by atoms with E-state index in [0.717, 1.165) is 6.07 Å². The standard InChI is InChI=1S/C11H12F2O3/c1-11(2,14)8-9(13)6(12)5-7-10(8)16-4-3-15-7/h5,14H,3-4H2,1-2H3. The molecule has 0 aliphatic carbocycles. The molecule has 0 fully saturated rings. The molecule has 1 aliphatic rings. The van der Waals surface area contributed by atoms with E-state index in [0.29, 0.717) is 0 Å². The minimum atomic E-state index is -1.53. The summed E-state index contributed by atoms with van der Waals surface area (Å²) in [6, 6.07) is 0.930. The first kappa shape index (κ1) is 11.1. The highest BCUT2D eigenvalue weighted by atomic mass is 19.2. The molecule has 0 amide bonds. The smallest absolute Gasteiger partial charge is 0.170 e. The molecule has 5 heteroatoms. The Morgan fingerprint density at radius 1 is 1.25 bits per heavy atom. The van der Waals surface area contributed by atoms with Crippen LogP contribution in [0.2, 0.25) is 0 Å². The SMILES string of the molecule is CC(C)(O)c1c(F)c(F)cc2c1OCCO2. The summed E-state index contributed by atoms with van der Waals surface area (Å²) in [4.78, 5) is 0. The normalized spacial score (nSPS) is 15.1. The van der Waals surface area contributed by atoms with E-state index in [2.05, 4.69) is 0 Å². The van der Waals surface area contributed by atoms with Gasteiger partial charge in [0.25, 0.3) is 0 Å². The van der Waals surface area contributed by atoms with Crippen LogP contribution in [0.25, 0.3) is 0 Å². The highest BCUT2D eigenvalue weighted by molar-refractivity contribution is 5.51. The Morgan fingerprint density at radius 3 is 2.50 bits per heavy atom. The monoisotopic (exact) mass is 230 g/mol. The first-order chi connectivity index (χ1) is 7.41. The molecule has 0 aromatic heterocycles. The van der Waals surface area contributed by atoms with Crippen molar-refractivity contribution >= 4 is 0 Å². The van der Waals surface area contributed by atoms with Crippen LogP contribution in [0.4, 0.5) is 8.78 Å². The largest absolute Gasteiger partial charge is 0.486 e. The summed E-state index contributed by atoms with van der Waals surface area (Å²) in [7, 11) is 0. The zero-order valence-electron chi connectivity index (χ0n) is 9.01. The van der Waals surface area contributed by atoms with Crippen LogP contribution in [-0.2, 0) is 5.60 Å². The van der Waals surface area contributed by atoms with E-state index < -0.39 is 17.2 Å². The summed E-state index contributed by atoms with van der Waals surface area (Å²) < 4.78 is 37.3. The average Bonchev–Trinajstić information content (AvgIpc) is 2.17. The molecule has 0 saturated heterocycles. The van der Waals surface area contributed by atoms with E-state index in [1.54, 1.807) is 0 Å². The molecule has 0 radical (unpaired) electrons. The van der Waals surface area contributed by atoms with Gasteiger partial charge in [0.05, 0.1) is 11.2 Å². The van der Waals surface area contributed by atoms with Gasteiger partial charge >= 0.3 is 0 Å². The number of fused-ring (bicyclic) bond motifs is 1. The number of hydrogen-bond donors (Lipinski definition) is 1. The van der Waals surface area contributed by atoms with Crippen molar-refractivity contribution < 1.29 is 23.4 Å². The Hall–Kier alpha value is -1.36. The molecule has 1 aromatic rings. The highest BCUT2D eigenvalue weighted by Crippen LogP contribution is 2.41. The number of ether oxygens (including phenoxy) is 2. The van der Waals surface area contributed by atoms with E-state index in [1.165, 1.54) is 13.8 Å². The summed E-state index contributed by atoms with van der Waals surface area (Å²) >= 11 is 0.